The molecule has 1 aromatic carbocycles. The highest BCUT2D eigenvalue weighted by Gasteiger charge is 2.07. The Hall–Kier alpha value is -0.190. The molecule has 13 heavy (non-hydrogen) atoms. The van der Waals surface area contributed by atoms with Gasteiger partial charge in [-0.3, -0.25) is 0 Å². The molecule has 2 rings (SSSR count). The van der Waals surface area contributed by atoms with E-state index >= 15 is 0 Å². The third-order valence-corrected chi connectivity index (χ3v) is 4.55. The van der Waals surface area contributed by atoms with E-state index < -0.39 is 0 Å². The number of thiophene rings is 1. The van der Waals surface area contributed by atoms with Gasteiger partial charge >= 0.3 is 0 Å². The second-order valence-electron chi connectivity index (χ2n) is 2.58. The van der Waals surface area contributed by atoms with E-state index in [0.717, 1.165) is 13.8 Å². The first-order valence-electron chi connectivity index (χ1n) is 3.67. The Morgan fingerprint density at radius 2 is 2.23 bits per heavy atom. The summed E-state index contributed by atoms with van der Waals surface area (Å²) < 4.78 is 15.3. The maximum absolute atomic E-state index is 13.3. The van der Waals surface area contributed by atoms with Crippen molar-refractivity contribution < 1.29 is 4.39 Å². The maximum Gasteiger partial charge on any atom is 0.131 e. The van der Waals surface area contributed by atoms with Crippen LogP contribution in [0.25, 0.3) is 10.1 Å². The van der Waals surface area contributed by atoms with E-state index in [2.05, 4.69) is 12.6 Å². The topological polar surface area (TPSA) is 0 Å². The van der Waals surface area contributed by atoms with Crippen molar-refractivity contribution in [2.24, 2.45) is 0 Å². The van der Waals surface area contributed by atoms with E-state index in [1.165, 1.54) is 6.07 Å². The predicted molar refractivity (Wildman–Crippen MR) is 60.8 cm³/mol. The summed E-state index contributed by atoms with van der Waals surface area (Å²) in [6.45, 7) is 0. The molecule has 0 aliphatic heterocycles. The smallest absolute Gasteiger partial charge is 0.131 e. The number of hydrogen-bond donors (Lipinski definition) is 1. The van der Waals surface area contributed by atoms with Gasteiger partial charge < -0.3 is 0 Å². The Morgan fingerprint density at radius 1 is 1.46 bits per heavy atom. The van der Waals surface area contributed by atoms with Crippen LogP contribution in [0.5, 0.6) is 0 Å². The molecule has 0 unspecified atom stereocenters. The third kappa shape index (κ3) is 1.58. The summed E-state index contributed by atoms with van der Waals surface area (Å²) in [6, 6.07) is 5.03. The summed E-state index contributed by atoms with van der Waals surface area (Å²) in [6.07, 6.45) is 1.99. The Kier molecular flexibility index (Phi) is 2.53. The molecule has 0 aliphatic rings. The largest absolute Gasteiger partial charge is 0.206 e. The van der Waals surface area contributed by atoms with Crippen LogP contribution in [0.1, 0.15) is 0 Å². The fraction of sp³-hybridized carbons (Fsp3) is 0.111. The molecule has 0 aliphatic carbocycles. The van der Waals surface area contributed by atoms with Gasteiger partial charge in [-0.15, -0.1) is 35.7 Å². The molecule has 68 valence electrons. The zero-order valence-corrected chi connectivity index (χ0v) is 9.40. The minimum atomic E-state index is -0.163. The molecule has 0 saturated heterocycles. The molecule has 0 N–H and O–H groups in total. The number of benzene rings is 1. The first kappa shape index (κ1) is 9.37. The van der Waals surface area contributed by atoms with Gasteiger partial charge in [-0.1, -0.05) is 0 Å². The standard InChI is InChI=1S/C9H7FS3/c1-12-8-4-5-6(10)2-3-7(11)9(5)13-8/h2-4,11H,1H3. The molecule has 0 radical (unpaired) electrons. The number of fused-ring (bicyclic) bond motifs is 1. The van der Waals surface area contributed by atoms with Crippen molar-refractivity contribution >= 4 is 45.8 Å². The van der Waals surface area contributed by atoms with Crippen LogP contribution in [0.4, 0.5) is 4.39 Å². The average Bonchev–Trinajstić information content (AvgIpc) is 2.56. The van der Waals surface area contributed by atoms with E-state index in [9.17, 15) is 4.39 Å². The minimum absolute atomic E-state index is 0.163. The molecular weight excluding hydrogens is 223 g/mol. The molecule has 0 atom stereocenters. The van der Waals surface area contributed by atoms with Crippen molar-refractivity contribution in [3.8, 4) is 0 Å². The molecule has 1 aromatic heterocycles. The lowest BCUT2D eigenvalue weighted by atomic mass is 10.2. The summed E-state index contributed by atoms with van der Waals surface area (Å²) in [4.78, 5) is 0.849. The zero-order chi connectivity index (χ0) is 9.42. The highest BCUT2D eigenvalue weighted by molar-refractivity contribution is 8.00. The van der Waals surface area contributed by atoms with E-state index in [4.69, 9.17) is 0 Å². The lowest BCUT2D eigenvalue weighted by Crippen LogP contribution is -1.73. The summed E-state index contributed by atoms with van der Waals surface area (Å²) in [5.74, 6) is -0.163. The van der Waals surface area contributed by atoms with Gasteiger partial charge in [-0.05, 0) is 24.5 Å². The van der Waals surface area contributed by atoms with Crippen LogP contribution in [-0.2, 0) is 0 Å². The summed E-state index contributed by atoms with van der Waals surface area (Å²) in [5, 5.41) is 0.682. The second-order valence-corrected chi connectivity index (χ2v) is 5.22. The molecule has 0 saturated carbocycles. The number of thiol groups is 1. The highest BCUT2D eigenvalue weighted by Crippen LogP contribution is 2.36. The Balaban J connectivity index is 2.80. The van der Waals surface area contributed by atoms with Gasteiger partial charge in [-0.2, -0.15) is 0 Å². The normalized spacial score (nSPS) is 11.0. The predicted octanol–water partition coefficient (Wildman–Crippen LogP) is 4.05. The van der Waals surface area contributed by atoms with Crippen LogP contribution >= 0.6 is 35.7 Å². The number of rotatable bonds is 1. The van der Waals surface area contributed by atoms with Crippen LogP contribution < -0.4 is 0 Å². The minimum Gasteiger partial charge on any atom is -0.206 e. The van der Waals surface area contributed by atoms with Crippen LogP contribution in [0.3, 0.4) is 0 Å². The fourth-order valence-electron chi connectivity index (χ4n) is 1.15. The van der Waals surface area contributed by atoms with Crippen LogP contribution in [0.2, 0.25) is 0 Å². The first-order chi connectivity index (χ1) is 6.22. The maximum atomic E-state index is 13.3. The van der Waals surface area contributed by atoms with Gasteiger partial charge in [0.15, 0.2) is 0 Å². The Morgan fingerprint density at radius 3 is 2.85 bits per heavy atom. The van der Waals surface area contributed by atoms with Crippen molar-refractivity contribution in [1.29, 1.82) is 0 Å². The summed E-state index contributed by atoms with van der Waals surface area (Å²) in [7, 11) is 0. The van der Waals surface area contributed by atoms with E-state index in [1.807, 2.05) is 12.3 Å². The van der Waals surface area contributed by atoms with Gasteiger partial charge in [-0.25, -0.2) is 4.39 Å². The van der Waals surface area contributed by atoms with Crippen molar-refractivity contribution in [3.63, 3.8) is 0 Å². The molecule has 1 heterocycles. The first-order valence-corrected chi connectivity index (χ1v) is 6.16. The average molecular weight is 230 g/mol. The Labute approximate surface area is 89.6 Å². The third-order valence-electron chi connectivity index (χ3n) is 1.79. The molecule has 0 spiro atoms. The van der Waals surface area contributed by atoms with Crippen molar-refractivity contribution in [2.45, 2.75) is 9.10 Å². The van der Waals surface area contributed by atoms with Gasteiger partial charge in [0.05, 0.1) is 8.91 Å². The zero-order valence-electron chi connectivity index (χ0n) is 6.87. The summed E-state index contributed by atoms with van der Waals surface area (Å²) in [5.41, 5.74) is 0. The van der Waals surface area contributed by atoms with Crippen LogP contribution in [0, 0.1) is 5.82 Å². The molecule has 0 fully saturated rings. The molecule has 4 heteroatoms. The van der Waals surface area contributed by atoms with E-state index in [-0.39, 0.29) is 5.82 Å². The fourth-order valence-corrected chi connectivity index (χ4v) is 3.12. The van der Waals surface area contributed by atoms with Crippen molar-refractivity contribution in [3.05, 3.63) is 24.0 Å². The van der Waals surface area contributed by atoms with E-state index in [1.54, 1.807) is 29.2 Å². The SMILES string of the molecule is CSc1cc2c(F)ccc(S)c2s1. The van der Waals surface area contributed by atoms with Crippen LogP contribution in [0.15, 0.2) is 27.3 Å². The Bertz CT molecular complexity index is 408. The molecule has 0 bridgehead atoms. The molecule has 0 nitrogen and oxygen atoms in total. The van der Waals surface area contributed by atoms with Gasteiger partial charge in [0.1, 0.15) is 5.82 Å². The van der Waals surface area contributed by atoms with Gasteiger partial charge in [0, 0.05) is 10.3 Å². The summed E-state index contributed by atoms with van der Waals surface area (Å²) >= 11 is 7.50. The van der Waals surface area contributed by atoms with Crippen LogP contribution in [-0.4, -0.2) is 6.26 Å². The molecule has 0 amide bonds. The lowest BCUT2D eigenvalue weighted by Gasteiger charge is -1.94. The van der Waals surface area contributed by atoms with Gasteiger partial charge in [0.2, 0.25) is 0 Å². The van der Waals surface area contributed by atoms with Gasteiger partial charge in [0.25, 0.3) is 0 Å². The van der Waals surface area contributed by atoms with E-state index in [0.29, 0.717) is 5.39 Å². The highest BCUT2D eigenvalue weighted by atomic mass is 32.2. The monoisotopic (exact) mass is 230 g/mol. The quantitative estimate of drug-likeness (QED) is 0.569. The number of halogens is 1. The number of thioether (sulfide) groups is 1. The number of hydrogen-bond acceptors (Lipinski definition) is 3. The lowest BCUT2D eigenvalue weighted by molar-refractivity contribution is 0.639. The molecule has 2 aromatic rings. The second kappa shape index (κ2) is 3.52. The van der Waals surface area contributed by atoms with Crippen molar-refractivity contribution in [2.75, 3.05) is 6.26 Å². The van der Waals surface area contributed by atoms with Crippen molar-refractivity contribution in [1.82, 2.24) is 0 Å². The molecular formula is C9H7FS3.